The summed E-state index contributed by atoms with van der Waals surface area (Å²) in [6.45, 7) is 21.0. The molecule has 0 radical (unpaired) electrons. The molecule has 0 aliphatic carbocycles. The van der Waals surface area contributed by atoms with E-state index in [1.807, 2.05) is 0 Å². The van der Waals surface area contributed by atoms with E-state index in [-0.39, 0.29) is 0 Å². The second-order valence-corrected chi connectivity index (χ2v) is 8.06. The smallest absolute Gasteiger partial charge is 0.236 e. The Hall–Kier alpha value is -0.610. The first-order chi connectivity index (χ1) is 10.3. The van der Waals surface area contributed by atoms with E-state index in [1.165, 1.54) is 6.54 Å². The van der Waals surface area contributed by atoms with Gasteiger partial charge in [0.15, 0.2) is 0 Å². The maximum Gasteiger partial charge on any atom is 0.236 e. The van der Waals surface area contributed by atoms with E-state index in [2.05, 4.69) is 56.2 Å². The predicted molar refractivity (Wildman–Crippen MR) is 94.0 cm³/mol. The van der Waals surface area contributed by atoms with Crippen LogP contribution in [0.4, 0.5) is 0 Å². The summed E-state index contributed by atoms with van der Waals surface area (Å²) < 4.78 is 0. The summed E-state index contributed by atoms with van der Waals surface area (Å²) in [6, 6.07) is 0. The highest BCUT2D eigenvalue weighted by Crippen LogP contribution is 2.08. The Morgan fingerprint density at radius 1 is 0.818 bits per heavy atom. The van der Waals surface area contributed by atoms with Crippen molar-refractivity contribution in [3.8, 4) is 0 Å². The molecular weight excluding hydrogens is 274 g/mol. The summed E-state index contributed by atoms with van der Waals surface area (Å²) in [5.41, 5.74) is 0. The minimum Gasteiger partial charge on any atom is -0.341 e. The van der Waals surface area contributed by atoms with Crippen molar-refractivity contribution in [1.29, 1.82) is 0 Å². The Balaban J connectivity index is 2.42. The first kappa shape index (κ1) is 19.4. The van der Waals surface area contributed by atoms with Crippen LogP contribution in [0.15, 0.2) is 0 Å². The normalized spacial score (nSPS) is 17.7. The number of rotatable bonds is 8. The predicted octanol–water partition coefficient (Wildman–Crippen LogP) is 2.40. The van der Waals surface area contributed by atoms with Crippen molar-refractivity contribution in [3.63, 3.8) is 0 Å². The molecule has 22 heavy (non-hydrogen) atoms. The summed E-state index contributed by atoms with van der Waals surface area (Å²) in [6.07, 6.45) is 0. The molecule has 4 nitrogen and oxygen atoms in total. The minimum atomic E-state index is 0.305. The summed E-state index contributed by atoms with van der Waals surface area (Å²) in [5.74, 6) is 2.09. The van der Waals surface area contributed by atoms with Gasteiger partial charge in [-0.25, -0.2) is 0 Å². The first-order valence-electron chi connectivity index (χ1n) is 9.00. The lowest BCUT2D eigenvalue weighted by molar-refractivity contribution is -0.134. The summed E-state index contributed by atoms with van der Waals surface area (Å²) in [5, 5.41) is 0. The fourth-order valence-electron chi connectivity index (χ4n) is 3.10. The first-order valence-corrected chi connectivity index (χ1v) is 9.00. The van der Waals surface area contributed by atoms with Crippen LogP contribution in [-0.2, 0) is 4.79 Å². The molecule has 0 aromatic heterocycles. The van der Waals surface area contributed by atoms with Gasteiger partial charge in [0.25, 0.3) is 0 Å². The fraction of sp³-hybridized carbons (Fsp3) is 0.944. The topological polar surface area (TPSA) is 26.8 Å². The average molecular weight is 312 g/mol. The Kier molecular flexibility index (Phi) is 8.40. The molecule has 1 rings (SSSR count). The largest absolute Gasteiger partial charge is 0.341 e. The van der Waals surface area contributed by atoms with Gasteiger partial charge in [-0.05, 0) is 17.8 Å². The van der Waals surface area contributed by atoms with Gasteiger partial charge >= 0.3 is 0 Å². The van der Waals surface area contributed by atoms with Gasteiger partial charge in [-0.15, -0.1) is 0 Å². The lowest BCUT2D eigenvalue weighted by Crippen LogP contribution is -2.51. The van der Waals surface area contributed by atoms with E-state index < -0.39 is 0 Å². The van der Waals surface area contributed by atoms with Gasteiger partial charge in [0.2, 0.25) is 5.91 Å². The quantitative estimate of drug-likeness (QED) is 0.689. The van der Waals surface area contributed by atoms with Crippen molar-refractivity contribution < 1.29 is 4.79 Å². The van der Waals surface area contributed by atoms with Gasteiger partial charge < -0.3 is 9.80 Å². The number of amides is 1. The van der Waals surface area contributed by atoms with Crippen LogP contribution < -0.4 is 0 Å². The Morgan fingerprint density at radius 3 is 1.68 bits per heavy atom. The van der Waals surface area contributed by atoms with Crippen molar-refractivity contribution in [2.75, 3.05) is 52.4 Å². The van der Waals surface area contributed by atoms with Crippen molar-refractivity contribution in [1.82, 2.24) is 14.7 Å². The van der Waals surface area contributed by atoms with Crippen LogP contribution in [0.3, 0.4) is 0 Å². The van der Waals surface area contributed by atoms with Crippen LogP contribution >= 0.6 is 0 Å². The van der Waals surface area contributed by atoms with Gasteiger partial charge in [-0.1, -0.05) is 41.5 Å². The molecule has 1 aliphatic rings. The Bertz CT molecular complexity index is 310. The highest BCUT2D eigenvalue weighted by molar-refractivity contribution is 5.78. The van der Waals surface area contributed by atoms with Crippen LogP contribution in [0.25, 0.3) is 0 Å². The molecule has 0 aromatic rings. The van der Waals surface area contributed by atoms with Crippen LogP contribution in [0.1, 0.15) is 41.5 Å². The summed E-state index contributed by atoms with van der Waals surface area (Å²) in [4.78, 5) is 19.5. The number of hydrogen-bond donors (Lipinski definition) is 0. The molecular formula is C18H37N3O. The molecule has 0 unspecified atom stereocenters. The van der Waals surface area contributed by atoms with E-state index >= 15 is 0 Å². The zero-order valence-electron chi connectivity index (χ0n) is 15.6. The van der Waals surface area contributed by atoms with Crippen LogP contribution in [0.5, 0.6) is 0 Å². The molecule has 1 fully saturated rings. The molecule has 4 heteroatoms. The lowest BCUT2D eigenvalue weighted by atomic mass is 10.1. The van der Waals surface area contributed by atoms with Crippen molar-refractivity contribution >= 4 is 5.91 Å². The van der Waals surface area contributed by atoms with Gasteiger partial charge in [-0.2, -0.15) is 0 Å². The molecule has 0 aromatic carbocycles. The monoisotopic (exact) mass is 311 g/mol. The highest BCUT2D eigenvalue weighted by Gasteiger charge is 2.22. The molecule has 0 saturated carbocycles. The van der Waals surface area contributed by atoms with Crippen molar-refractivity contribution in [3.05, 3.63) is 0 Å². The van der Waals surface area contributed by atoms with E-state index in [9.17, 15) is 4.79 Å². The van der Waals surface area contributed by atoms with Gasteiger partial charge in [0, 0.05) is 45.8 Å². The Morgan fingerprint density at radius 2 is 1.27 bits per heavy atom. The summed E-state index contributed by atoms with van der Waals surface area (Å²) >= 11 is 0. The van der Waals surface area contributed by atoms with E-state index in [4.69, 9.17) is 0 Å². The molecule has 0 N–H and O–H groups in total. The number of piperazine rings is 1. The third-order valence-corrected chi connectivity index (χ3v) is 3.97. The molecule has 0 atom stereocenters. The lowest BCUT2D eigenvalue weighted by Gasteiger charge is -2.36. The second-order valence-electron chi connectivity index (χ2n) is 8.06. The van der Waals surface area contributed by atoms with Gasteiger partial charge in [0.1, 0.15) is 0 Å². The number of carbonyl (C=O) groups excluding carboxylic acids is 1. The van der Waals surface area contributed by atoms with Crippen molar-refractivity contribution in [2.24, 2.45) is 17.8 Å². The van der Waals surface area contributed by atoms with E-state index in [1.54, 1.807) is 0 Å². The minimum absolute atomic E-state index is 0.305. The van der Waals surface area contributed by atoms with Crippen LogP contribution in [-0.4, -0.2) is 73.0 Å². The van der Waals surface area contributed by atoms with E-state index in [0.717, 1.165) is 45.2 Å². The SMILES string of the molecule is CC(C)CN1CCN(CC(=O)N(CC(C)C)CC(C)C)CC1. The highest BCUT2D eigenvalue weighted by atomic mass is 16.2. The fourth-order valence-corrected chi connectivity index (χ4v) is 3.10. The third kappa shape index (κ3) is 7.59. The molecule has 0 spiro atoms. The molecule has 1 amide bonds. The molecule has 130 valence electrons. The zero-order valence-corrected chi connectivity index (χ0v) is 15.6. The van der Waals surface area contributed by atoms with Gasteiger partial charge in [-0.3, -0.25) is 9.69 Å². The maximum atomic E-state index is 12.6. The third-order valence-electron chi connectivity index (χ3n) is 3.97. The van der Waals surface area contributed by atoms with Crippen LogP contribution in [0, 0.1) is 17.8 Å². The molecule has 1 aliphatic heterocycles. The van der Waals surface area contributed by atoms with Gasteiger partial charge in [0.05, 0.1) is 6.54 Å². The Labute approximate surface area is 137 Å². The zero-order chi connectivity index (χ0) is 16.7. The average Bonchev–Trinajstić information content (AvgIpc) is 2.38. The number of carbonyl (C=O) groups is 1. The second kappa shape index (κ2) is 9.51. The molecule has 1 heterocycles. The van der Waals surface area contributed by atoms with Crippen molar-refractivity contribution in [2.45, 2.75) is 41.5 Å². The van der Waals surface area contributed by atoms with E-state index in [0.29, 0.717) is 24.3 Å². The molecule has 0 bridgehead atoms. The standard InChI is InChI=1S/C18H37N3O/c1-15(2)11-19-7-9-20(10-8-19)14-18(22)21(12-16(3)4)13-17(5)6/h15-17H,7-14H2,1-6H3. The van der Waals surface area contributed by atoms with Crippen LogP contribution in [0.2, 0.25) is 0 Å². The maximum absolute atomic E-state index is 12.6. The summed E-state index contributed by atoms with van der Waals surface area (Å²) in [7, 11) is 0. The molecule has 1 saturated heterocycles. The number of hydrogen-bond acceptors (Lipinski definition) is 3. The number of nitrogens with zero attached hydrogens (tertiary/aromatic N) is 3.